The van der Waals surface area contributed by atoms with Gasteiger partial charge in [0.25, 0.3) is 5.91 Å². The molecule has 0 radical (unpaired) electrons. The van der Waals surface area contributed by atoms with Crippen molar-refractivity contribution in [3.63, 3.8) is 0 Å². The maximum absolute atomic E-state index is 13.0. The Morgan fingerprint density at radius 2 is 1.75 bits per heavy atom. The number of nitrogens with one attached hydrogen (secondary N) is 2. The van der Waals surface area contributed by atoms with Gasteiger partial charge in [-0.15, -0.1) is 0 Å². The highest BCUT2D eigenvalue weighted by Gasteiger charge is 2.13. The second-order valence-corrected chi connectivity index (χ2v) is 4.48. The maximum atomic E-state index is 13.0. The maximum Gasteiger partial charge on any atom is 0.251 e. The standard InChI is InChI=1S/C16H17FN2O/c1-18-15(11-6-8-14(17)9-7-11)12-4-3-5-13(10-12)16(20)19-2/h3-10,15,18H,1-2H3,(H,19,20). The van der Waals surface area contributed by atoms with Crippen LogP contribution in [-0.2, 0) is 0 Å². The van der Waals surface area contributed by atoms with Gasteiger partial charge in [0.05, 0.1) is 6.04 Å². The van der Waals surface area contributed by atoms with Crippen molar-refractivity contribution >= 4 is 5.91 Å². The first-order chi connectivity index (χ1) is 9.65. The van der Waals surface area contributed by atoms with Crippen LogP contribution in [0.5, 0.6) is 0 Å². The number of benzene rings is 2. The van der Waals surface area contributed by atoms with Gasteiger partial charge in [-0.05, 0) is 42.4 Å². The molecule has 2 N–H and O–H groups in total. The number of carbonyl (C=O) groups excluding carboxylic acids is 1. The first-order valence-corrected chi connectivity index (χ1v) is 6.40. The molecule has 0 heterocycles. The van der Waals surface area contributed by atoms with Crippen molar-refractivity contribution < 1.29 is 9.18 Å². The Hall–Kier alpha value is -2.20. The molecule has 104 valence electrons. The number of amides is 1. The molecular weight excluding hydrogens is 255 g/mol. The van der Waals surface area contributed by atoms with Gasteiger partial charge in [0.15, 0.2) is 0 Å². The fraction of sp³-hybridized carbons (Fsp3) is 0.188. The van der Waals surface area contributed by atoms with Gasteiger partial charge in [0.2, 0.25) is 0 Å². The summed E-state index contributed by atoms with van der Waals surface area (Å²) in [5.74, 6) is -0.386. The third kappa shape index (κ3) is 3.03. The van der Waals surface area contributed by atoms with Gasteiger partial charge in [-0.25, -0.2) is 4.39 Å². The summed E-state index contributed by atoms with van der Waals surface area (Å²) in [6.07, 6.45) is 0. The first kappa shape index (κ1) is 14.2. The fourth-order valence-electron chi connectivity index (χ4n) is 2.18. The van der Waals surface area contributed by atoms with Crippen molar-refractivity contribution in [3.8, 4) is 0 Å². The second kappa shape index (κ2) is 6.30. The van der Waals surface area contributed by atoms with Gasteiger partial charge in [-0.2, -0.15) is 0 Å². The SMILES string of the molecule is CNC(=O)c1cccc(C(NC)c2ccc(F)cc2)c1. The lowest BCUT2D eigenvalue weighted by atomic mass is 9.97. The summed E-state index contributed by atoms with van der Waals surface area (Å²) in [4.78, 5) is 11.7. The number of rotatable bonds is 4. The lowest BCUT2D eigenvalue weighted by Crippen LogP contribution is -2.20. The van der Waals surface area contributed by atoms with Crippen LogP contribution in [0, 0.1) is 5.82 Å². The molecule has 3 nitrogen and oxygen atoms in total. The van der Waals surface area contributed by atoms with Crippen molar-refractivity contribution in [2.45, 2.75) is 6.04 Å². The Morgan fingerprint density at radius 3 is 2.35 bits per heavy atom. The molecule has 0 aliphatic heterocycles. The zero-order valence-electron chi connectivity index (χ0n) is 11.5. The van der Waals surface area contributed by atoms with Crippen LogP contribution >= 0.6 is 0 Å². The Balaban J connectivity index is 2.36. The quantitative estimate of drug-likeness (QED) is 0.898. The van der Waals surface area contributed by atoms with E-state index in [0.29, 0.717) is 5.56 Å². The predicted molar refractivity (Wildman–Crippen MR) is 77.1 cm³/mol. The zero-order valence-corrected chi connectivity index (χ0v) is 11.5. The van der Waals surface area contributed by atoms with E-state index in [0.717, 1.165) is 11.1 Å². The van der Waals surface area contributed by atoms with Crippen LogP contribution in [-0.4, -0.2) is 20.0 Å². The molecule has 1 amide bonds. The zero-order chi connectivity index (χ0) is 14.5. The van der Waals surface area contributed by atoms with Crippen LogP contribution in [0.1, 0.15) is 27.5 Å². The molecular formula is C16H17FN2O. The topological polar surface area (TPSA) is 41.1 Å². The summed E-state index contributed by atoms with van der Waals surface area (Å²) < 4.78 is 13.0. The van der Waals surface area contributed by atoms with E-state index in [1.165, 1.54) is 12.1 Å². The summed E-state index contributed by atoms with van der Waals surface area (Å²) in [5, 5.41) is 5.79. The highest BCUT2D eigenvalue weighted by molar-refractivity contribution is 5.94. The number of carbonyl (C=O) groups is 1. The Bertz CT molecular complexity index is 596. The summed E-state index contributed by atoms with van der Waals surface area (Å²) in [5.41, 5.74) is 2.51. The molecule has 0 aliphatic carbocycles. The van der Waals surface area contributed by atoms with Crippen LogP contribution in [0.25, 0.3) is 0 Å². The number of hydrogen-bond acceptors (Lipinski definition) is 2. The monoisotopic (exact) mass is 272 g/mol. The molecule has 20 heavy (non-hydrogen) atoms. The molecule has 2 aromatic rings. The minimum Gasteiger partial charge on any atom is -0.355 e. The van der Waals surface area contributed by atoms with E-state index < -0.39 is 0 Å². The van der Waals surface area contributed by atoms with Crippen molar-refractivity contribution in [1.29, 1.82) is 0 Å². The van der Waals surface area contributed by atoms with Gasteiger partial charge in [-0.1, -0.05) is 24.3 Å². The van der Waals surface area contributed by atoms with Crippen molar-refractivity contribution in [1.82, 2.24) is 10.6 Å². The molecule has 0 fully saturated rings. The Morgan fingerprint density at radius 1 is 1.05 bits per heavy atom. The van der Waals surface area contributed by atoms with E-state index in [4.69, 9.17) is 0 Å². The predicted octanol–water partition coefficient (Wildman–Crippen LogP) is 2.49. The summed E-state index contributed by atoms with van der Waals surface area (Å²) >= 11 is 0. The molecule has 0 saturated heterocycles. The lowest BCUT2D eigenvalue weighted by molar-refractivity contribution is 0.0963. The van der Waals surface area contributed by atoms with E-state index in [1.54, 1.807) is 25.2 Å². The summed E-state index contributed by atoms with van der Waals surface area (Å²) in [7, 11) is 3.44. The lowest BCUT2D eigenvalue weighted by Gasteiger charge is -2.18. The van der Waals surface area contributed by atoms with Gasteiger partial charge >= 0.3 is 0 Å². The number of hydrogen-bond donors (Lipinski definition) is 2. The van der Waals surface area contributed by atoms with Gasteiger partial charge in [-0.3, -0.25) is 4.79 Å². The van der Waals surface area contributed by atoms with Gasteiger partial charge < -0.3 is 10.6 Å². The molecule has 1 unspecified atom stereocenters. The van der Waals surface area contributed by atoms with E-state index >= 15 is 0 Å². The average molecular weight is 272 g/mol. The van der Waals surface area contributed by atoms with Crippen molar-refractivity contribution in [2.24, 2.45) is 0 Å². The molecule has 0 bridgehead atoms. The summed E-state index contributed by atoms with van der Waals surface area (Å²) in [6, 6.07) is 13.6. The minimum atomic E-state index is -0.261. The Labute approximate surface area is 117 Å². The second-order valence-electron chi connectivity index (χ2n) is 4.48. The molecule has 0 aromatic heterocycles. The molecule has 2 aromatic carbocycles. The average Bonchev–Trinajstić information content (AvgIpc) is 2.49. The van der Waals surface area contributed by atoms with Crippen molar-refractivity contribution in [2.75, 3.05) is 14.1 Å². The normalized spacial score (nSPS) is 11.9. The van der Waals surface area contributed by atoms with Crippen LogP contribution in [0.2, 0.25) is 0 Å². The van der Waals surface area contributed by atoms with Crippen LogP contribution in [0.15, 0.2) is 48.5 Å². The van der Waals surface area contributed by atoms with E-state index in [1.807, 2.05) is 25.2 Å². The minimum absolute atomic E-state index is 0.0831. The highest BCUT2D eigenvalue weighted by atomic mass is 19.1. The molecule has 0 spiro atoms. The third-order valence-corrected chi connectivity index (χ3v) is 3.20. The molecule has 4 heteroatoms. The highest BCUT2D eigenvalue weighted by Crippen LogP contribution is 2.22. The number of halogens is 1. The Kier molecular flexibility index (Phi) is 4.48. The van der Waals surface area contributed by atoms with Gasteiger partial charge in [0.1, 0.15) is 5.82 Å². The van der Waals surface area contributed by atoms with Crippen molar-refractivity contribution in [3.05, 3.63) is 71.0 Å². The van der Waals surface area contributed by atoms with E-state index in [-0.39, 0.29) is 17.8 Å². The van der Waals surface area contributed by atoms with E-state index in [2.05, 4.69) is 10.6 Å². The largest absolute Gasteiger partial charge is 0.355 e. The first-order valence-electron chi connectivity index (χ1n) is 6.40. The molecule has 0 aliphatic rings. The molecule has 1 atom stereocenters. The summed E-state index contributed by atoms with van der Waals surface area (Å²) in [6.45, 7) is 0. The van der Waals surface area contributed by atoms with Crippen LogP contribution < -0.4 is 10.6 Å². The molecule has 2 rings (SSSR count). The fourth-order valence-corrected chi connectivity index (χ4v) is 2.18. The van der Waals surface area contributed by atoms with E-state index in [9.17, 15) is 9.18 Å². The third-order valence-electron chi connectivity index (χ3n) is 3.20. The van der Waals surface area contributed by atoms with Crippen LogP contribution in [0.3, 0.4) is 0 Å². The molecule has 0 saturated carbocycles. The van der Waals surface area contributed by atoms with Crippen LogP contribution in [0.4, 0.5) is 4.39 Å². The smallest absolute Gasteiger partial charge is 0.251 e. The van der Waals surface area contributed by atoms with Gasteiger partial charge in [0, 0.05) is 12.6 Å².